The third-order valence-corrected chi connectivity index (χ3v) is 8.78. The van der Waals surface area contributed by atoms with Gasteiger partial charge in [0.05, 0.1) is 10.9 Å². The molecule has 1 saturated carbocycles. The summed E-state index contributed by atoms with van der Waals surface area (Å²) in [5.41, 5.74) is 9.37. The molecule has 3 aromatic heterocycles. The lowest BCUT2D eigenvalue weighted by molar-refractivity contribution is -0.116. The minimum Gasteiger partial charge on any atom is -0.327 e. The number of piperidine rings is 1. The van der Waals surface area contributed by atoms with E-state index in [4.69, 9.17) is 10.7 Å². The first-order valence-corrected chi connectivity index (χ1v) is 12.1. The SMILES string of the molecule is NC1[C@H]2CN(CCC(=O)Nc3sc4c(c3-c3nc5cnccc5s3)CCNC4)C[C@@H]12. The molecule has 9 heteroatoms. The average Bonchev–Trinajstić information content (AvgIpc) is 3.20. The minimum absolute atomic E-state index is 0.0791. The predicted octanol–water partition coefficient (Wildman–Crippen LogP) is 2.28. The lowest BCUT2D eigenvalue weighted by Crippen LogP contribution is -2.31. The predicted molar refractivity (Wildman–Crippen MR) is 121 cm³/mol. The summed E-state index contributed by atoms with van der Waals surface area (Å²) >= 11 is 3.36. The van der Waals surface area contributed by atoms with E-state index < -0.39 is 0 Å². The third kappa shape index (κ3) is 3.25. The highest BCUT2D eigenvalue weighted by Gasteiger charge is 2.53. The highest BCUT2D eigenvalue weighted by atomic mass is 32.1. The lowest BCUT2D eigenvalue weighted by atomic mass is 10.0. The van der Waals surface area contributed by atoms with Crippen LogP contribution < -0.4 is 16.4 Å². The first-order valence-electron chi connectivity index (χ1n) is 10.5. The summed E-state index contributed by atoms with van der Waals surface area (Å²) in [5.74, 6) is 1.39. The number of pyridine rings is 1. The lowest BCUT2D eigenvalue weighted by Gasteiger charge is -2.18. The molecular weight excluding hydrogens is 416 g/mol. The Bertz CT molecular complexity index is 1080. The van der Waals surface area contributed by atoms with E-state index in [-0.39, 0.29) is 5.91 Å². The fourth-order valence-electron chi connectivity index (χ4n) is 4.83. The fourth-order valence-corrected chi connectivity index (χ4v) is 7.14. The van der Waals surface area contributed by atoms with Crippen molar-refractivity contribution in [1.29, 1.82) is 0 Å². The monoisotopic (exact) mass is 440 g/mol. The van der Waals surface area contributed by atoms with E-state index in [1.165, 1.54) is 10.4 Å². The second kappa shape index (κ2) is 7.35. The van der Waals surface area contributed by atoms with Crippen LogP contribution in [0.4, 0.5) is 5.00 Å². The summed E-state index contributed by atoms with van der Waals surface area (Å²) in [4.78, 5) is 25.5. The van der Waals surface area contributed by atoms with Crippen LogP contribution in [0.5, 0.6) is 0 Å². The normalized spacial score (nSPS) is 25.3. The Hall–Kier alpha value is -1.91. The molecule has 3 aliphatic rings. The molecule has 2 fully saturated rings. The van der Waals surface area contributed by atoms with Gasteiger partial charge in [-0.25, -0.2) is 4.98 Å². The van der Waals surface area contributed by atoms with Crippen LogP contribution in [0.2, 0.25) is 0 Å². The van der Waals surface area contributed by atoms with Gasteiger partial charge in [-0.05, 0) is 36.4 Å². The van der Waals surface area contributed by atoms with Crippen molar-refractivity contribution in [3.8, 4) is 10.6 Å². The molecule has 1 aliphatic carbocycles. The van der Waals surface area contributed by atoms with Gasteiger partial charge >= 0.3 is 0 Å². The van der Waals surface area contributed by atoms with Crippen LogP contribution in [0.15, 0.2) is 18.5 Å². The summed E-state index contributed by atoms with van der Waals surface area (Å²) in [6, 6.07) is 2.40. The zero-order chi connectivity index (χ0) is 20.2. The molecule has 1 saturated heterocycles. The number of fused-ring (bicyclic) bond motifs is 3. The number of nitrogens with one attached hydrogen (secondary N) is 2. The second-order valence-electron chi connectivity index (χ2n) is 8.46. The van der Waals surface area contributed by atoms with Gasteiger partial charge in [-0.3, -0.25) is 9.78 Å². The van der Waals surface area contributed by atoms with E-state index in [1.807, 2.05) is 6.07 Å². The first kappa shape index (κ1) is 18.8. The molecule has 7 nitrogen and oxygen atoms in total. The van der Waals surface area contributed by atoms with E-state index in [0.29, 0.717) is 24.3 Å². The fraction of sp³-hybridized carbons (Fsp3) is 0.476. The number of aromatic nitrogens is 2. The molecule has 0 spiro atoms. The number of anilines is 1. The van der Waals surface area contributed by atoms with Crippen LogP contribution in [0.1, 0.15) is 16.9 Å². The maximum atomic E-state index is 12.8. The van der Waals surface area contributed by atoms with Gasteiger partial charge in [-0.15, -0.1) is 22.7 Å². The standard InChI is InChI=1S/C21H24N6OS2/c22-19-12-9-27(10-13(12)19)6-3-17(28)26-21-18(11-1-4-24-8-16(11)30-21)20-25-14-7-23-5-2-15(14)29-20/h2,5,7,12-13,19,24H,1,3-4,6,8-10,22H2,(H,26,28)/t12-,13+,19?. The van der Waals surface area contributed by atoms with Crippen molar-refractivity contribution >= 4 is 43.8 Å². The van der Waals surface area contributed by atoms with Crippen molar-refractivity contribution in [2.75, 3.05) is 31.5 Å². The molecule has 3 aromatic rings. The number of thiazole rings is 1. The van der Waals surface area contributed by atoms with E-state index in [1.54, 1.807) is 35.1 Å². The maximum Gasteiger partial charge on any atom is 0.226 e. The molecule has 0 aromatic carbocycles. The topological polar surface area (TPSA) is 96.2 Å². The van der Waals surface area contributed by atoms with Gasteiger partial charge in [-0.1, -0.05) is 0 Å². The quantitative estimate of drug-likeness (QED) is 0.563. The molecule has 1 unspecified atom stereocenters. The van der Waals surface area contributed by atoms with E-state index in [9.17, 15) is 4.79 Å². The smallest absolute Gasteiger partial charge is 0.226 e. The third-order valence-electron chi connectivity index (χ3n) is 6.58. The number of thiophene rings is 1. The number of hydrogen-bond donors (Lipinski definition) is 3. The average molecular weight is 441 g/mol. The van der Waals surface area contributed by atoms with Crippen molar-refractivity contribution < 1.29 is 4.79 Å². The van der Waals surface area contributed by atoms with Gasteiger partial charge in [0.1, 0.15) is 15.5 Å². The summed E-state index contributed by atoms with van der Waals surface area (Å²) in [6.45, 7) is 4.70. The number of nitrogens with two attached hydrogens (primary N) is 1. The van der Waals surface area contributed by atoms with Crippen LogP contribution in [0.25, 0.3) is 20.8 Å². The van der Waals surface area contributed by atoms with Gasteiger partial charge in [0.15, 0.2) is 0 Å². The van der Waals surface area contributed by atoms with Gasteiger partial charge in [-0.2, -0.15) is 0 Å². The highest BCUT2D eigenvalue weighted by Crippen LogP contribution is 2.45. The second-order valence-corrected chi connectivity index (χ2v) is 10.6. The molecule has 4 N–H and O–H groups in total. The van der Waals surface area contributed by atoms with Gasteiger partial charge in [0.2, 0.25) is 5.91 Å². The van der Waals surface area contributed by atoms with Crippen LogP contribution in [0.3, 0.4) is 0 Å². The Morgan fingerprint density at radius 2 is 2.20 bits per heavy atom. The van der Waals surface area contributed by atoms with E-state index in [2.05, 4.69) is 20.5 Å². The minimum atomic E-state index is 0.0791. The first-order chi connectivity index (χ1) is 14.7. The van der Waals surface area contributed by atoms with E-state index >= 15 is 0 Å². The largest absolute Gasteiger partial charge is 0.327 e. The molecular formula is C21H24N6OS2. The van der Waals surface area contributed by atoms with Crippen LogP contribution in [-0.2, 0) is 17.8 Å². The Morgan fingerprint density at radius 3 is 3.03 bits per heavy atom. The van der Waals surface area contributed by atoms with Crippen LogP contribution >= 0.6 is 22.7 Å². The molecule has 5 heterocycles. The molecule has 1 amide bonds. The number of carbonyl (C=O) groups excluding carboxylic acids is 1. The summed E-state index contributed by atoms with van der Waals surface area (Å²) in [5, 5.41) is 8.57. The number of likely N-dealkylation sites (tertiary alicyclic amines) is 1. The maximum absolute atomic E-state index is 12.8. The van der Waals surface area contributed by atoms with Crippen molar-refractivity contribution in [2.45, 2.75) is 25.4 Å². The van der Waals surface area contributed by atoms with Crippen molar-refractivity contribution in [1.82, 2.24) is 20.2 Å². The van der Waals surface area contributed by atoms with Crippen molar-refractivity contribution in [2.24, 2.45) is 17.6 Å². The van der Waals surface area contributed by atoms with Crippen LogP contribution in [-0.4, -0.2) is 53.0 Å². The number of amides is 1. The Kier molecular flexibility index (Phi) is 4.61. The Balaban J connectivity index is 1.23. The van der Waals surface area contributed by atoms with Gasteiger partial charge in [0.25, 0.3) is 0 Å². The molecule has 0 radical (unpaired) electrons. The van der Waals surface area contributed by atoms with Gasteiger partial charge in [0, 0.05) is 55.3 Å². The zero-order valence-corrected chi connectivity index (χ0v) is 18.2. The van der Waals surface area contributed by atoms with Gasteiger partial charge < -0.3 is 21.3 Å². The summed E-state index contributed by atoms with van der Waals surface area (Å²) < 4.78 is 1.12. The number of carbonyl (C=O) groups is 1. The van der Waals surface area contributed by atoms with Crippen molar-refractivity contribution in [3.05, 3.63) is 28.9 Å². The molecule has 2 aliphatic heterocycles. The summed E-state index contributed by atoms with van der Waals surface area (Å²) in [7, 11) is 0. The zero-order valence-electron chi connectivity index (χ0n) is 16.6. The number of nitrogens with zero attached hydrogens (tertiary/aromatic N) is 3. The Morgan fingerprint density at radius 1 is 1.33 bits per heavy atom. The number of hydrogen-bond acceptors (Lipinski definition) is 8. The van der Waals surface area contributed by atoms with Crippen molar-refractivity contribution in [3.63, 3.8) is 0 Å². The van der Waals surface area contributed by atoms with Crippen LogP contribution in [0, 0.1) is 11.8 Å². The number of rotatable bonds is 5. The molecule has 0 bridgehead atoms. The molecule has 30 heavy (non-hydrogen) atoms. The molecule has 6 rings (SSSR count). The summed E-state index contributed by atoms with van der Waals surface area (Å²) in [6.07, 6.45) is 5.08. The Labute approximate surface area is 182 Å². The molecule has 3 atom stereocenters. The molecule has 156 valence electrons. The van der Waals surface area contributed by atoms with E-state index in [0.717, 1.165) is 64.9 Å². The highest BCUT2D eigenvalue weighted by molar-refractivity contribution is 7.22.